The number of aromatic nitrogens is 2. The number of rotatable bonds is 4. The highest BCUT2D eigenvalue weighted by molar-refractivity contribution is 5.42. The summed E-state index contributed by atoms with van der Waals surface area (Å²) in [6.07, 6.45) is 1.77. The van der Waals surface area contributed by atoms with Crippen LogP contribution in [0.5, 0.6) is 0 Å². The largest absolute Gasteiger partial charge is 0.363 e. The first kappa shape index (κ1) is 12.4. The zero-order valence-electron chi connectivity index (χ0n) is 11.0. The molecule has 1 aromatic carbocycles. The summed E-state index contributed by atoms with van der Waals surface area (Å²) < 4.78 is 0. The van der Waals surface area contributed by atoms with Crippen LogP contribution in [0.15, 0.2) is 42.6 Å². The molecule has 0 radical (unpaired) electrons. The van der Waals surface area contributed by atoms with Gasteiger partial charge in [-0.25, -0.2) is 4.98 Å². The van der Waals surface area contributed by atoms with Crippen molar-refractivity contribution < 1.29 is 0 Å². The van der Waals surface area contributed by atoms with Gasteiger partial charge in [-0.3, -0.25) is 0 Å². The molecule has 1 unspecified atom stereocenters. The first-order valence-corrected chi connectivity index (χ1v) is 5.98. The quantitative estimate of drug-likeness (QED) is 0.895. The van der Waals surface area contributed by atoms with E-state index >= 15 is 0 Å². The van der Waals surface area contributed by atoms with Crippen molar-refractivity contribution in [2.45, 2.75) is 13.0 Å². The summed E-state index contributed by atoms with van der Waals surface area (Å²) in [7, 11) is 3.86. The van der Waals surface area contributed by atoms with Crippen molar-refractivity contribution >= 4 is 11.8 Å². The maximum absolute atomic E-state index is 4.44. The highest BCUT2D eigenvalue weighted by Crippen LogP contribution is 2.18. The molecule has 0 saturated heterocycles. The summed E-state index contributed by atoms with van der Waals surface area (Å²) in [6, 6.07) is 12.4. The van der Waals surface area contributed by atoms with Gasteiger partial charge in [-0.15, -0.1) is 0 Å². The molecule has 94 valence electrons. The Balaban J connectivity index is 2.12. The second-order valence-corrected chi connectivity index (χ2v) is 4.41. The van der Waals surface area contributed by atoms with E-state index in [1.807, 2.05) is 43.3 Å². The predicted octanol–water partition coefficient (Wildman–Crippen LogP) is 2.72. The fourth-order valence-corrected chi connectivity index (χ4v) is 1.69. The van der Waals surface area contributed by atoms with E-state index in [0.29, 0.717) is 5.95 Å². The third-order valence-corrected chi connectivity index (χ3v) is 2.71. The minimum atomic E-state index is 0.219. The van der Waals surface area contributed by atoms with Gasteiger partial charge >= 0.3 is 0 Å². The van der Waals surface area contributed by atoms with Crippen molar-refractivity contribution in [2.75, 3.05) is 24.3 Å². The van der Waals surface area contributed by atoms with Crippen molar-refractivity contribution in [1.82, 2.24) is 9.97 Å². The van der Waals surface area contributed by atoms with E-state index in [4.69, 9.17) is 0 Å². The molecule has 4 nitrogen and oxygen atoms in total. The van der Waals surface area contributed by atoms with Crippen LogP contribution in [0.3, 0.4) is 0 Å². The van der Waals surface area contributed by atoms with E-state index in [1.165, 1.54) is 5.56 Å². The third kappa shape index (κ3) is 2.97. The van der Waals surface area contributed by atoms with Gasteiger partial charge in [0.15, 0.2) is 0 Å². The van der Waals surface area contributed by atoms with Crippen molar-refractivity contribution in [3.63, 3.8) is 0 Å². The second kappa shape index (κ2) is 5.49. The highest BCUT2D eigenvalue weighted by atomic mass is 15.2. The van der Waals surface area contributed by atoms with E-state index in [-0.39, 0.29) is 6.04 Å². The lowest BCUT2D eigenvalue weighted by atomic mass is 10.1. The van der Waals surface area contributed by atoms with Crippen LogP contribution in [0.2, 0.25) is 0 Å². The molecule has 2 aromatic rings. The topological polar surface area (TPSA) is 41.1 Å². The Morgan fingerprint density at radius 1 is 1.11 bits per heavy atom. The fourth-order valence-electron chi connectivity index (χ4n) is 1.69. The monoisotopic (exact) mass is 242 g/mol. The van der Waals surface area contributed by atoms with E-state index in [2.05, 4.69) is 34.3 Å². The van der Waals surface area contributed by atoms with Crippen molar-refractivity contribution in [1.29, 1.82) is 0 Å². The highest BCUT2D eigenvalue weighted by Gasteiger charge is 2.06. The normalized spacial score (nSPS) is 11.9. The van der Waals surface area contributed by atoms with Crippen molar-refractivity contribution in [3.05, 3.63) is 48.2 Å². The third-order valence-electron chi connectivity index (χ3n) is 2.71. The van der Waals surface area contributed by atoms with Crippen molar-refractivity contribution in [3.8, 4) is 0 Å². The summed E-state index contributed by atoms with van der Waals surface area (Å²) in [5.74, 6) is 1.55. The number of hydrogen-bond acceptors (Lipinski definition) is 4. The summed E-state index contributed by atoms with van der Waals surface area (Å²) >= 11 is 0. The Kier molecular flexibility index (Phi) is 3.77. The Labute approximate surface area is 108 Å². The summed E-state index contributed by atoms with van der Waals surface area (Å²) in [6.45, 7) is 2.12. The lowest BCUT2D eigenvalue weighted by Crippen LogP contribution is -2.14. The molecule has 1 heterocycles. The molecule has 0 amide bonds. The minimum Gasteiger partial charge on any atom is -0.363 e. The molecule has 0 fully saturated rings. The zero-order valence-corrected chi connectivity index (χ0v) is 11.0. The van der Waals surface area contributed by atoms with Crippen molar-refractivity contribution in [2.24, 2.45) is 0 Å². The van der Waals surface area contributed by atoms with Crippen LogP contribution in [0.25, 0.3) is 0 Å². The smallest absolute Gasteiger partial charge is 0.226 e. The molecule has 1 aromatic heterocycles. The molecule has 0 spiro atoms. The number of nitrogens with one attached hydrogen (secondary N) is 1. The van der Waals surface area contributed by atoms with E-state index in [1.54, 1.807) is 6.20 Å². The first-order chi connectivity index (χ1) is 8.66. The summed E-state index contributed by atoms with van der Waals surface area (Å²) in [5, 5.41) is 3.38. The van der Waals surface area contributed by atoms with Gasteiger partial charge in [-0.1, -0.05) is 30.3 Å². The van der Waals surface area contributed by atoms with E-state index < -0.39 is 0 Å². The predicted molar refractivity (Wildman–Crippen MR) is 74.8 cm³/mol. The van der Waals surface area contributed by atoms with Gasteiger partial charge in [0.1, 0.15) is 5.82 Å². The van der Waals surface area contributed by atoms with Crippen LogP contribution in [0.4, 0.5) is 11.8 Å². The summed E-state index contributed by atoms with van der Waals surface area (Å²) in [4.78, 5) is 10.5. The molecule has 0 saturated carbocycles. The molecule has 4 heteroatoms. The van der Waals surface area contributed by atoms with Crippen LogP contribution < -0.4 is 10.2 Å². The SMILES string of the molecule is CC(Nc1ccnc(N(C)C)n1)c1ccccc1. The Hall–Kier alpha value is -2.10. The first-order valence-electron chi connectivity index (χ1n) is 5.98. The lowest BCUT2D eigenvalue weighted by Gasteiger charge is -2.16. The minimum absolute atomic E-state index is 0.219. The molecule has 0 bridgehead atoms. The van der Waals surface area contributed by atoms with Crippen LogP contribution in [-0.4, -0.2) is 24.1 Å². The van der Waals surface area contributed by atoms with Gasteiger partial charge in [0.25, 0.3) is 0 Å². The van der Waals surface area contributed by atoms with Crippen LogP contribution in [0.1, 0.15) is 18.5 Å². The van der Waals surface area contributed by atoms with Gasteiger partial charge < -0.3 is 10.2 Å². The second-order valence-electron chi connectivity index (χ2n) is 4.41. The Morgan fingerprint density at radius 2 is 1.83 bits per heavy atom. The van der Waals surface area contributed by atoms with Gasteiger partial charge in [-0.2, -0.15) is 4.98 Å². The zero-order chi connectivity index (χ0) is 13.0. The molecule has 18 heavy (non-hydrogen) atoms. The maximum Gasteiger partial charge on any atom is 0.226 e. The number of anilines is 2. The van der Waals surface area contributed by atoms with E-state index in [0.717, 1.165) is 5.82 Å². The molecule has 2 rings (SSSR count). The number of nitrogens with zero attached hydrogens (tertiary/aromatic N) is 3. The van der Waals surface area contributed by atoms with Crippen LogP contribution >= 0.6 is 0 Å². The fraction of sp³-hybridized carbons (Fsp3) is 0.286. The molecule has 1 atom stereocenters. The average Bonchev–Trinajstić information content (AvgIpc) is 2.40. The van der Waals surface area contributed by atoms with Crippen LogP contribution in [-0.2, 0) is 0 Å². The molecular weight excluding hydrogens is 224 g/mol. The van der Waals surface area contributed by atoms with Gasteiger partial charge in [0.05, 0.1) is 0 Å². The lowest BCUT2D eigenvalue weighted by molar-refractivity contribution is 0.868. The summed E-state index contributed by atoms with van der Waals surface area (Å²) in [5.41, 5.74) is 1.24. The number of hydrogen-bond donors (Lipinski definition) is 1. The average molecular weight is 242 g/mol. The van der Waals surface area contributed by atoms with Gasteiger partial charge in [0, 0.05) is 26.3 Å². The van der Waals surface area contributed by atoms with E-state index in [9.17, 15) is 0 Å². The Morgan fingerprint density at radius 3 is 2.50 bits per heavy atom. The van der Waals surface area contributed by atoms with Crippen LogP contribution in [0, 0.1) is 0 Å². The van der Waals surface area contributed by atoms with Gasteiger partial charge in [-0.05, 0) is 18.6 Å². The molecule has 0 aliphatic heterocycles. The molecule has 0 aliphatic rings. The van der Waals surface area contributed by atoms with Gasteiger partial charge in [0.2, 0.25) is 5.95 Å². The standard InChI is InChI=1S/C14H18N4/c1-11(12-7-5-4-6-8-12)16-13-9-10-15-14(17-13)18(2)3/h4-11H,1-3H3,(H,15,16,17). The molecular formula is C14H18N4. The Bertz CT molecular complexity index is 496. The molecule has 1 N–H and O–H groups in total. The molecule has 0 aliphatic carbocycles. The maximum atomic E-state index is 4.44. The number of benzene rings is 1.